The fourth-order valence-electron chi connectivity index (χ4n) is 2.54. The molecule has 2 rings (SSSR count). The van der Waals surface area contributed by atoms with Gasteiger partial charge in [-0.3, -0.25) is 4.79 Å². The van der Waals surface area contributed by atoms with Crippen molar-refractivity contribution in [3.05, 3.63) is 41.7 Å². The highest BCUT2D eigenvalue weighted by Gasteiger charge is 2.41. The molecule has 0 N–H and O–H groups in total. The number of carbonyl (C=O) groups excluding carboxylic acids is 2. The molecule has 0 radical (unpaired) electrons. The predicted molar refractivity (Wildman–Crippen MR) is 82.4 cm³/mol. The molecule has 0 saturated carbocycles. The number of halogens is 1. The molecule has 5 nitrogen and oxygen atoms in total. The Morgan fingerprint density at radius 3 is 2.61 bits per heavy atom. The van der Waals surface area contributed by atoms with Gasteiger partial charge in [0.25, 0.3) is 0 Å². The zero-order valence-electron chi connectivity index (χ0n) is 13.4. The van der Waals surface area contributed by atoms with Gasteiger partial charge < -0.3 is 14.4 Å². The Hall–Kier alpha value is -2.37. The van der Waals surface area contributed by atoms with E-state index in [9.17, 15) is 14.0 Å². The molecular formula is C17H20FNO4. The fourth-order valence-corrected chi connectivity index (χ4v) is 2.54. The second-order valence-corrected chi connectivity index (χ2v) is 5.66. The first kappa shape index (κ1) is 17.0. The minimum Gasteiger partial charge on any atom is -0.485 e. The van der Waals surface area contributed by atoms with Gasteiger partial charge in [-0.2, -0.15) is 0 Å². The van der Waals surface area contributed by atoms with Crippen molar-refractivity contribution in [3.63, 3.8) is 0 Å². The second-order valence-electron chi connectivity index (χ2n) is 5.66. The van der Waals surface area contributed by atoms with Crippen molar-refractivity contribution in [2.24, 2.45) is 0 Å². The maximum absolute atomic E-state index is 13.7. The van der Waals surface area contributed by atoms with Crippen LogP contribution in [0.5, 0.6) is 5.75 Å². The molecule has 0 spiro atoms. The van der Waals surface area contributed by atoms with Crippen LogP contribution in [0.15, 0.2) is 35.9 Å². The van der Waals surface area contributed by atoms with E-state index in [4.69, 9.17) is 9.47 Å². The van der Waals surface area contributed by atoms with Gasteiger partial charge in [0, 0.05) is 12.5 Å². The molecule has 1 aromatic rings. The molecule has 1 aliphatic rings. The lowest BCUT2D eigenvalue weighted by atomic mass is 10.2. The molecule has 0 bridgehead atoms. The highest BCUT2D eigenvalue weighted by Crippen LogP contribution is 2.26. The Morgan fingerprint density at radius 1 is 1.30 bits per heavy atom. The van der Waals surface area contributed by atoms with E-state index in [1.165, 1.54) is 30.2 Å². The van der Waals surface area contributed by atoms with Crippen LogP contribution in [0, 0.1) is 5.82 Å². The average molecular weight is 321 g/mol. The number of amides is 1. The highest BCUT2D eigenvalue weighted by molar-refractivity contribution is 5.92. The number of para-hydroxylation sites is 1. The van der Waals surface area contributed by atoms with Crippen molar-refractivity contribution in [1.29, 1.82) is 0 Å². The molecule has 23 heavy (non-hydrogen) atoms. The fraction of sp³-hybridized carbons (Fsp3) is 0.412. The Kier molecular flexibility index (Phi) is 5.36. The Labute approximate surface area is 134 Å². The van der Waals surface area contributed by atoms with Crippen molar-refractivity contribution >= 4 is 11.9 Å². The number of nitrogens with zero attached hydrogens (tertiary/aromatic N) is 1. The van der Waals surface area contributed by atoms with E-state index in [0.29, 0.717) is 0 Å². The number of carbonyl (C=O) groups is 2. The number of likely N-dealkylation sites (tertiary alicyclic amines) is 1. The minimum absolute atomic E-state index is 0.109. The molecule has 124 valence electrons. The smallest absolute Gasteiger partial charge is 0.328 e. The highest BCUT2D eigenvalue weighted by atomic mass is 19.1. The number of rotatable bonds is 4. The van der Waals surface area contributed by atoms with Gasteiger partial charge >= 0.3 is 5.97 Å². The van der Waals surface area contributed by atoms with Crippen LogP contribution in [0.25, 0.3) is 0 Å². The summed E-state index contributed by atoms with van der Waals surface area (Å²) in [6, 6.07) is 5.33. The van der Waals surface area contributed by atoms with E-state index >= 15 is 0 Å². The molecule has 2 unspecified atom stereocenters. The van der Waals surface area contributed by atoms with Gasteiger partial charge in [-0.25, -0.2) is 9.18 Å². The summed E-state index contributed by atoms with van der Waals surface area (Å²) in [6.45, 7) is 3.81. The second kappa shape index (κ2) is 7.26. The molecule has 1 heterocycles. The first-order chi connectivity index (χ1) is 10.9. The number of hydrogen-bond acceptors (Lipinski definition) is 4. The average Bonchev–Trinajstić information content (AvgIpc) is 2.92. The number of allylic oxidation sites excluding steroid dienone is 1. The topological polar surface area (TPSA) is 55.8 Å². The molecule has 6 heteroatoms. The first-order valence-electron chi connectivity index (χ1n) is 7.37. The lowest BCUT2D eigenvalue weighted by Gasteiger charge is -2.20. The number of esters is 1. The standard InChI is InChI=1S/C17H20FNO4/c1-11(2)8-16(20)19-10-12(9-14(19)17(21)22-3)23-15-7-5-4-6-13(15)18/h4-8,12,14H,9-10H2,1-3H3. The molecule has 2 atom stereocenters. The monoisotopic (exact) mass is 321 g/mol. The summed E-state index contributed by atoms with van der Waals surface area (Å²) in [5, 5.41) is 0. The largest absolute Gasteiger partial charge is 0.485 e. The van der Waals surface area contributed by atoms with Gasteiger partial charge in [0.2, 0.25) is 5.91 Å². The van der Waals surface area contributed by atoms with Crippen molar-refractivity contribution in [2.75, 3.05) is 13.7 Å². The zero-order valence-corrected chi connectivity index (χ0v) is 13.4. The number of benzene rings is 1. The van der Waals surface area contributed by atoms with Crippen molar-refractivity contribution in [2.45, 2.75) is 32.4 Å². The minimum atomic E-state index is -0.722. The molecule has 1 fully saturated rings. The Morgan fingerprint density at radius 2 is 2.00 bits per heavy atom. The molecule has 0 aromatic heterocycles. The van der Waals surface area contributed by atoms with Crippen molar-refractivity contribution < 1.29 is 23.5 Å². The van der Waals surface area contributed by atoms with Crippen LogP contribution in [-0.2, 0) is 14.3 Å². The van der Waals surface area contributed by atoms with E-state index in [-0.39, 0.29) is 24.6 Å². The lowest BCUT2D eigenvalue weighted by molar-refractivity contribution is -0.149. The molecule has 1 saturated heterocycles. The van der Waals surface area contributed by atoms with Crippen LogP contribution >= 0.6 is 0 Å². The van der Waals surface area contributed by atoms with Crippen LogP contribution in [-0.4, -0.2) is 42.6 Å². The van der Waals surface area contributed by atoms with Crippen LogP contribution in [0.4, 0.5) is 4.39 Å². The van der Waals surface area contributed by atoms with Gasteiger partial charge in [0.05, 0.1) is 13.7 Å². The van der Waals surface area contributed by atoms with E-state index in [0.717, 1.165) is 5.57 Å². The third-order valence-corrected chi connectivity index (χ3v) is 3.56. The van der Waals surface area contributed by atoms with Crippen LogP contribution < -0.4 is 4.74 Å². The summed E-state index contributed by atoms with van der Waals surface area (Å²) in [5.41, 5.74) is 0.831. The summed E-state index contributed by atoms with van der Waals surface area (Å²) < 4.78 is 24.1. The normalized spacial score (nSPS) is 20.1. The summed E-state index contributed by atoms with van der Waals surface area (Å²) in [5.74, 6) is -1.14. The first-order valence-corrected chi connectivity index (χ1v) is 7.37. The van der Waals surface area contributed by atoms with Crippen molar-refractivity contribution in [1.82, 2.24) is 4.90 Å². The van der Waals surface area contributed by atoms with Gasteiger partial charge in [-0.15, -0.1) is 0 Å². The number of methoxy groups -OCH3 is 1. The molecule has 1 amide bonds. The maximum atomic E-state index is 13.7. The molecule has 1 aliphatic heterocycles. The Balaban J connectivity index is 2.16. The van der Waals surface area contributed by atoms with Gasteiger partial charge in [0.15, 0.2) is 11.6 Å². The van der Waals surface area contributed by atoms with E-state index in [1.807, 2.05) is 0 Å². The van der Waals surface area contributed by atoms with Gasteiger partial charge in [-0.05, 0) is 26.0 Å². The van der Waals surface area contributed by atoms with Gasteiger partial charge in [0.1, 0.15) is 12.1 Å². The van der Waals surface area contributed by atoms with Crippen LogP contribution in [0.3, 0.4) is 0 Å². The van der Waals surface area contributed by atoms with E-state index in [2.05, 4.69) is 0 Å². The van der Waals surface area contributed by atoms with Gasteiger partial charge in [-0.1, -0.05) is 17.7 Å². The third kappa shape index (κ3) is 4.09. The van der Waals surface area contributed by atoms with Crippen LogP contribution in [0.1, 0.15) is 20.3 Å². The summed E-state index contributed by atoms with van der Waals surface area (Å²) in [4.78, 5) is 25.6. The molecule has 1 aromatic carbocycles. The third-order valence-electron chi connectivity index (χ3n) is 3.56. The maximum Gasteiger partial charge on any atom is 0.328 e. The number of hydrogen-bond donors (Lipinski definition) is 0. The lowest BCUT2D eigenvalue weighted by Crippen LogP contribution is -2.40. The van der Waals surface area contributed by atoms with E-state index < -0.39 is 23.9 Å². The molecule has 0 aliphatic carbocycles. The molecular weight excluding hydrogens is 301 g/mol. The summed E-state index contributed by atoms with van der Waals surface area (Å²) in [6.07, 6.45) is 1.26. The number of ether oxygens (including phenoxy) is 2. The quantitative estimate of drug-likeness (QED) is 0.631. The van der Waals surface area contributed by atoms with Crippen LogP contribution in [0.2, 0.25) is 0 Å². The SMILES string of the molecule is COC(=O)C1CC(Oc2ccccc2F)CN1C(=O)C=C(C)C. The summed E-state index contributed by atoms with van der Waals surface area (Å²) in [7, 11) is 1.27. The summed E-state index contributed by atoms with van der Waals surface area (Å²) >= 11 is 0. The Bertz CT molecular complexity index is 625. The predicted octanol–water partition coefficient (Wildman–Crippen LogP) is 2.31. The van der Waals surface area contributed by atoms with Crippen molar-refractivity contribution in [3.8, 4) is 5.75 Å². The zero-order chi connectivity index (χ0) is 17.0. The van der Waals surface area contributed by atoms with E-state index in [1.54, 1.807) is 26.0 Å².